The Hall–Kier alpha value is -1.10. The van der Waals surface area contributed by atoms with Crippen LogP contribution in [0.1, 0.15) is 16.8 Å². The number of carbonyl (C=O) groups is 1. The van der Waals surface area contributed by atoms with Gasteiger partial charge in [0, 0.05) is 37.9 Å². The molecule has 1 aromatic carbocycles. The maximum atomic E-state index is 11.3. The number of nitrogens with zero attached hydrogens (tertiary/aromatic N) is 2. The summed E-state index contributed by atoms with van der Waals surface area (Å²) in [4.78, 5) is 16.0. The standard InChI is InChI=1S/C15H19ClN2O2/c16-14-2-1-3-15(13(14)11-19)18-5-4-12(10-18)17-6-8-20-9-7-17/h1-3,11-12H,4-10H2. The highest BCUT2D eigenvalue weighted by atomic mass is 35.5. The predicted octanol–water partition coefficient (Wildman–Crippen LogP) is 2.06. The number of rotatable bonds is 3. The molecule has 4 nitrogen and oxygen atoms in total. The van der Waals surface area contributed by atoms with Gasteiger partial charge in [-0.1, -0.05) is 17.7 Å². The van der Waals surface area contributed by atoms with E-state index >= 15 is 0 Å². The molecule has 2 saturated heterocycles. The third-order valence-electron chi connectivity index (χ3n) is 4.21. The van der Waals surface area contributed by atoms with Crippen LogP contribution in [0.25, 0.3) is 0 Å². The highest BCUT2D eigenvalue weighted by Gasteiger charge is 2.29. The topological polar surface area (TPSA) is 32.8 Å². The van der Waals surface area contributed by atoms with Gasteiger partial charge in [0.2, 0.25) is 0 Å². The van der Waals surface area contributed by atoms with Crippen LogP contribution in [0.3, 0.4) is 0 Å². The molecule has 20 heavy (non-hydrogen) atoms. The number of carbonyl (C=O) groups excluding carboxylic acids is 1. The minimum Gasteiger partial charge on any atom is -0.379 e. The summed E-state index contributed by atoms with van der Waals surface area (Å²) in [5, 5.41) is 0.535. The zero-order valence-corrected chi connectivity index (χ0v) is 12.2. The fourth-order valence-electron chi connectivity index (χ4n) is 3.12. The van der Waals surface area contributed by atoms with Gasteiger partial charge in [0.15, 0.2) is 6.29 Å². The number of aldehydes is 1. The lowest BCUT2D eigenvalue weighted by atomic mass is 10.2. The lowest BCUT2D eigenvalue weighted by Crippen LogP contribution is -2.44. The van der Waals surface area contributed by atoms with Crippen molar-refractivity contribution < 1.29 is 9.53 Å². The van der Waals surface area contributed by atoms with Gasteiger partial charge in [-0.05, 0) is 18.6 Å². The molecule has 0 bridgehead atoms. The first kappa shape index (κ1) is 13.9. The minimum atomic E-state index is 0.535. The molecule has 2 aliphatic rings. The van der Waals surface area contributed by atoms with Gasteiger partial charge < -0.3 is 9.64 Å². The van der Waals surface area contributed by atoms with Crippen molar-refractivity contribution in [3.8, 4) is 0 Å². The largest absolute Gasteiger partial charge is 0.379 e. The summed E-state index contributed by atoms with van der Waals surface area (Å²) in [5.41, 5.74) is 1.57. The molecule has 1 aromatic rings. The van der Waals surface area contributed by atoms with E-state index in [4.69, 9.17) is 16.3 Å². The molecule has 1 unspecified atom stereocenters. The predicted molar refractivity (Wildman–Crippen MR) is 79.8 cm³/mol. The molecule has 5 heteroatoms. The molecule has 0 radical (unpaired) electrons. The lowest BCUT2D eigenvalue weighted by Gasteiger charge is -2.32. The molecule has 1 atom stereocenters. The Labute approximate surface area is 124 Å². The van der Waals surface area contributed by atoms with Crippen molar-refractivity contribution in [2.75, 3.05) is 44.3 Å². The van der Waals surface area contributed by atoms with Gasteiger partial charge in [0.05, 0.1) is 23.8 Å². The van der Waals surface area contributed by atoms with Crippen molar-refractivity contribution in [1.82, 2.24) is 4.90 Å². The first-order valence-corrected chi connectivity index (χ1v) is 7.48. The molecule has 108 valence electrons. The van der Waals surface area contributed by atoms with E-state index in [1.165, 1.54) is 0 Å². The molecular formula is C15H19ClN2O2. The maximum absolute atomic E-state index is 11.3. The van der Waals surface area contributed by atoms with E-state index in [9.17, 15) is 4.79 Å². The Morgan fingerprint density at radius 1 is 1.25 bits per heavy atom. The molecular weight excluding hydrogens is 276 g/mol. The number of hydrogen-bond acceptors (Lipinski definition) is 4. The summed E-state index contributed by atoms with van der Waals surface area (Å²) in [6.45, 7) is 5.61. The van der Waals surface area contributed by atoms with Crippen molar-refractivity contribution in [1.29, 1.82) is 0 Å². The van der Waals surface area contributed by atoms with Crippen LogP contribution in [0.2, 0.25) is 5.02 Å². The van der Waals surface area contributed by atoms with Gasteiger partial charge >= 0.3 is 0 Å². The molecule has 0 amide bonds. The SMILES string of the molecule is O=Cc1c(Cl)cccc1N1CCC(N2CCOCC2)C1. The number of halogens is 1. The Balaban J connectivity index is 1.73. The van der Waals surface area contributed by atoms with E-state index in [-0.39, 0.29) is 0 Å². The highest BCUT2D eigenvalue weighted by molar-refractivity contribution is 6.33. The average Bonchev–Trinajstić information content (AvgIpc) is 2.97. The molecule has 0 aliphatic carbocycles. The first-order valence-electron chi connectivity index (χ1n) is 7.10. The van der Waals surface area contributed by atoms with Crippen molar-refractivity contribution in [2.24, 2.45) is 0 Å². The second-order valence-electron chi connectivity index (χ2n) is 5.33. The summed E-state index contributed by atoms with van der Waals surface area (Å²) < 4.78 is 5.40. The Morgan fingerprint density at radius 2 is 2.05 bits per heavy atom. The van der Waals surface area contributed by atoms with Crippen LogP contribution in [-0.4, -0.2) is 56.6 Å². The van der Waals surface area contributed by atoms with E-state index in [0.29, 0.717) is 16.6 Å². The summed E-state index contributed by atoms with van der Waals surface area (Å²) in [6, 6.07) is 6.21. The van der Waals surface area contributed by atoms with Crippen LogP contribution < -0.4 is 4.90 Å². The van der Waals surface area contributed by atoms with E-state index in [2.05, 4.69) is 9.80 Å². The molecule has 2 aliphatic heterocycles. The van der Waals surface area contributed by atoms with Crippen LogP contribution >= 0.6 is 11.6 Å². The summed E-state index contributed by atoms with van der Waals surface area (Å²) in [5.74, 6) is 0. The average molecular weight is 295 g/mol. The van der Waals surface area contributed by atoms with Crippen LogP contribution in [0.4, 0.5) is 5.69 Å². The summed E-state index contributed by atoms with van der Waals surface area (Å²) in [6.07, 6.45) is 1.99. The summed E-state index contributed by atoms with van der Waals surface area (Å²) >= 11 is 6.11. The zero-order chi connectivity index (χ0) is 13.9. The second kappa shape index (κ2) is 6.12. The zero-order valence-electron chi connectivity index (χ0n) is 11.4. The van der Waals surface area contributed by atoms with Gasteiger partial charge in [-0.2, -0.15) is 0 Å². The molecule has 0 spiro atoms. The van der Waals surface area contributed by atoms with Crippen molar-refractivity contribution in [3.05, 3.63) is 28.8 Å². The maximum Gasteiger partial charge on any atom is 0.153 e. The van der Waals surface area contributed by atoms with Gasteiger partial charge in [0.1, 0.15) is 0 Å². The monoisotopic (exact) mass is 294 g/mol. The summed E-state index contributed by atoms with van der Waals surface area (Å²) in [7, 11) is 0. The third kappa shape index (κ3) is 2.68. The van der Waals surface area contributed by atoms with E-state index in [1.54, 1.807) is 6.07 Å². The fourth-order valence-corrected chi connectivity index (χ4v) is 3.33. The Kier molecular flexibility index (Phi) is 4.24. The van der Waals surface area contributed by atoms with Gasteiger partial charge in [-0.25, -0.2) is 0 Å². The van der Waals surface area contributed by atoms with E-state index < -0.39 is 0 Å². The van der Waals surface area contributed by atoms with Gasteiger partial charge in [0.25, 0.3) is 0 Å². The Bertz CT molecular complexity index is 489. The number of ether oxygens (including phenoxy) is 1. The fraction of sp³-hybridized carbons (Fsp3) is 0.533. The number of benzene rings is 1. The van der Waals surface area contributed by atoms with Crippen molar-refractivity contribution in [2.45, 2.75) is 12.5 Å². The van der Waals surface area contributed by atoms with E-state index in [0.717, 1.165) is 57.8 Å². The second-order valence-corrected chi connectivity index (χ2v) is 5.73. The van der Waals surface area contributed by atoms with Crippen molar-refractivity contribution in [3.63, 3.8) is 0 Å². The molecule has 0 aromatic heterocycles. The highest BCUT2D eigenvalue weighted by Crippen LogP contribution is 2.29. The smallest absolute Gasteiger partial charge is 0.153 e. The van der Waals surface area contributed by atoms with Crippen LogP contribution in [-0.2, 0) is 4.74 Å². The van der Waals surface area contributed by atoms with E-state index in [1.807, 2.05) is 12.1 Å². The Morgan fingerprint density at radius 3 is 2.80 bits per heavy atom. The van der Waals surface area contributed by atoms with Gasteiger partial charge in [-0.3, -0.25) is 9.69 Å². The third-order valence-corrected chi connectivity index (χ3v) is 4.54. The lowest BCUT2D eigenvalue weighted by molar-refractivity contribution is 0.0209. The molecule has 0 N–H and O–H groups in total. The molecule has 2 heterocycles. The normalized spacial score (nSPS) is 24.1. The van der Waals surface area contributed by atoms with Crippen LogP contribution in [0, 0.1) is 0 Å². The molecule has 3 rings (SSSR count). The minimum absolute atomic E-state index is 0.535. The number of morpholine rings is 1. The van der Waals surface area contributed by atoms with Crippen LogP contribution in [0.15, 0.2) is 18.2 Å². The van der Waals surface area contributed by atoms with Crippen LogP contribution in [0.5, 0.6) is 0 Å². The molecule has 2 fully saturated rings. The quantitative estimate of drug-likeness (QED) is 0.799. The first-order chi connectivity index (χ1) is 9.79. The number of hydrogen-bond donors (Lipinski definition) is 0. The molecule has 0 saturated carbocycles. The number of anilines is 1. The van der Waals surface area contributed by atoms with Gasteiger partial charge in [-0.15, -0.1) is 0 Å². The van der Waals surface area contributed by atoms with Crippen molar-refractivity contribution >= 4 is 23.6 Å².